The maximum Gasteiger partial charge on any atom is 0.255 e. The Kier molecular flexibility index (Phi) is 6.15. The van der Waals surface area contributed by atoms with Crippen molar-refractivity contribution in [2.75, 3.05) is 5.32 Å². The molecule has 26 heavy (non-hydrogen) atoms. The summed E-state index contributed by atoms with van der Waals surface area (Å²) in [5.74, 6) is -4.03. The quantitative estimate of drug-likeness (QED) is 0.737. The summed E-state index contributed by atoms with van der Waals surface area (Å²) in [5, 5.41) is 15.0. The summed E-state index contributed by atoms with van der Waals surface area (Å²) in [6, 6.07) is 5.92. The first kappa shape index (κ1) is 19.7. The zero-order valence-corrected chi connectivity index (χ0v) is 14.8. The smallest absolute Gasteiger partial charge is 0.255 e. The molecule has 8 heteroatoms. The highest BCUT2D eigenvalue weighted by Crippen LogP contribution is 2.22. The third kappa shape index (κ3) is 4.70. The van der Waals surface area contributed by atoms with Gasteiger partial charge in [0.25, 0.3) is 5.91 Å². The molecule has 0 aliphatic carbocycles. The molecule has 0 saturated carbocycles. The lowest BCUT2D eigenvalue weighted by molar-refractivity contribution is -0.118. The number of anilines is 1. The highest BCUT2D eigenvalue weighted by Gasteiger charge is 2.26. The third-order valence-electron chi connectivity index (χ3n) is 3.63. The Hall–Kier alpha value is -2.67. The summed E-state index contributed by atoms with van der Waals surface area (Å²) in [7, 11) is 0. The van der Waals surface area contributed by atoms with Crippen molar-refractivity contribution >= 4 is 29.1 Å². The maximum absolute atomic E-state index is 13.3. The molecule has 1 atom stereocenters. The molecule has 3 N–H and O–H groups in total. The number of halogens is 3. The fraction of sp³-hybridized carbons (Fsp3) is 0.222. The second-order valence-electron chi connectivity index (χ2n) is 5.97. The molecule has 0 radical (unpaired) electrons. The molecule has 0 aromatic heterocycles. The summed E-state index contributed by atoms with van der Waals surface area (Å²) in [6.07, 6.45) is 0. The summed E-state index contributed by atoms with van der Waals surface area (Å²) in [6.45, 7) is 3.40. The fourth-order valence-corrected chi connectivity index (χ4v) is 2.41. The van der Waals surface area contributed by atoms with E-state index in [-0.39, 0.29) is 27.9 Å². The van der Waals surface area contributed by atoms with Crippen molar-refractivity contribution in [2.24, 2.45) is 5.92 Å². The molecule has 0 bridgehead atoms. The molecular formula is C18H17ClF2N2O3. The van der Waals surface area contributed by atoms with E-state index in [2.05, 4.69) is 10.6 Å². The Balaban J connectivity index is 2.17. The van der Waals surface area contributed by atoms with E-state index in [1.807, 2.05) is 0 Å². The Morgan fingerprint density at radius 1 is 1.08 bits per heavy atom. The minimum absolute atomic E-state index is 0.0550. The van der Waals surface area contributed by atoms with Gasteiger partial charge < -0.3 is 15.7 Å². The van der Waals surface area contributed by atoms with Crippen LogP contribution in [0.4, 0.5) is 14.5 Å². The monoisotopic (exact) mass is 382 g/mol. The first-order chi connectivity index (χ1) is 12.2. The number of hydrogen-bond donors (Lipinski definition) is 3. The molecule has 0 heterocycles. The lowest BCUT2D eigenvalue weighted by Crippen LogP contribution is -2.47. The normalized spacial score (nSPS) is 11.9. The number of phenolic OH excluding ortho intramolecular Hbond substituents is 1. The standard InChI is InChI=1S/C18H17ClF2N2O3/c1-9(2)16(18(26)22-11-4-5-13(20)14(21)8-11)23-17(25)12-7-10(19)3-6-15(12)24/h3-9,16,24H,1-2H3,(H,22,26)(H,23,25)/t16-/m0/s1. The van der Waals surface area contributed by atoms with Crippen LogP contribution in [0.2, 0.25) is 5.02 Å². The minimum atomic E-state index is -1.10. The predicted octanol–water partition coefficient (Wildman–Crippen LogP) is 3.72. The number of aromatic hydroxyl groups is 1. The second-order valence-corrected chi connectivity index (χ2v) is 6.41. The highest BCUT2D eigenvalue weighted by molar-refractivity contribution is 6.31. The first-order valence-electron chi connectivity index (χ1n) is 7.74. The van der Waals surface area contributed by atoms with Crippen molar-refractivity contribution in [2.45, 2.75) is 19.9 Å². The number of amides is 2. The van der Waals surface area contributed by atoms with Crippen molar-refractivity contribution in [1.82, 2.24) is 5.32 Å². The van der Waals surface area contributed by atoms with Gasteiger partial charge in [-0.05, 0) is 36.2 Å². The molecule has 2 aromatic carbocycles. The molecule has 2 rings (SSSR count). The number of phenols is 1. The van der Waals surface area contributed by atoms with E-state index in [1.165, 1.54) is 24.3 Å². The molecule has 0 saturated heterocycles. The molecule has 0 fully saturated rings. The summed E-state index contributed by atoms with van der Waals surface area (Å²) >= 11 is 5.82. The van der Waals surface area contributed by atoms with Crippen LogP contribution in [0.1, 0.15) is 24.2 Å². The van der Waals surface area contributed by atoms with Gasteiger partial charge in [0.1, 0.15) is 11.8 Å². The Morgan fingerprint density at radius 2 is 1.77 bits per heavy atom. The Labute approximate surface area is 154 Å². The van der Waals surface area contributed by atoms with Crippen LogP contribution in [0.15, 0.2) is 36.4 Å². The highest BCUT2D eigenvalue weighted by atomic mass is 35.5. The predicted molar refractivity (Wildman–Crippen MR) is 94.2 cm³/mol. The largest absolute Gasteiger partial charge is 0.507 e. The van der Waals surface area contributed by atoms with Gasteiger partial charge >= 0.3 is 0 Å². The van der Waals surface area contributed by atoms with E-state index in [0.717, 1.165) is 12.1 Å². The Bertz CT molecular complexity index is 843. The topological polar surface area (TPSA) is 78.4 Å². The average Bonchev–Trinajstić information content (AvgIpc) is 2.57. The summed E-state index contributed by atoms with van der Waals surface area (Å²) in [5.41, 5.74) is -0.0248. The van der Waals surface area contributed by atoms with Gasteiger partial charge in [-0.15, -0.1) is 0 Å². The summed E-state index contributed by atoms with van der Waals surface area (Å²) in [4.78, 5) is 24.8. The van der Waals surface area contributed by atoms with Crippen LogP contribution in [0.5, 0.6) is 5.75 Å². The van der Waals surface area contributed by atoms with Crippen LogP contribution < -0.4 is 10.6 Å². The molecule has 0 unspecified atom stereocenters. The zero-order chi connectivity index (χ0) is 19.4. The van der Waals surface area contributed by atoms with Crippen LogP contribution in [0.3, 0.4) is 0 Å². The van der Waals surface area contributed by atoms with Gasteiger partial charge in [0.2, 0.25) is 5.91 Å². The van der Waals surface area contributed by atoms with Gasteiger partial charge in [-0.1, -0.05) is 25.4 Å². The molecule has 0 aliphatic heterocycles. The van der Waals surface area contributed by atoms with Crippen molar-refractivity contribution in [3.63, 3.8) is 0 Å². The van der Waals surface area contributed by atoms with Gasteiger partial charge in [0.05, 0.1) is 5.56 Å². The minimum Gasteiger partial charge on any atom is -0.507 e. The molecule has 5 nitrogen and oxygen atoms in total. The van der Waals surface area contributed by atoms with Crippen molar-refractivity contribution in [1.29, 1.82) is 0 Å². The van der Waals surface area contributed by atoms with Crippen molar-refractivity contribution in [3.05, 3.63) is 58.6 Å². The van der Waals surface area contributed by atoms with Gasteiger partial charge in [-0.2, -0.15) is 0 Å². The van der Waals surface area contributed by atoms with Crippen LogP contribution in [-0.2, 0) is 4.79 Å². The van der Waals surface area contributed by atoms with Gasteiger partial charge in [0.15, 0.2) is 11.6 Å². The van der Waals surface area contributed by atoms with E-state index in [9.17, 15) is 23.5 Å². The zero-order valence-electron chi connectivity index (χ0n) is 14.0. The maximum atomic E-state index is 13.3. The molecule has 0 spiro atoms. The van der Waals surface area contributed by atoms with Crippen LogP contribution in [0, 0.1) is 17.6 Å². The lowest BCUT2D eigenvalue weighted by atomic mass is 10.0. The molecular weight excluding hydrogens is 366 g/mol. The van der Waals surface area contributed by atoms with E-state index >= 15 is 0 Å². The van der Waals surface area contributed by atoms with Crippen molar-refractivity contribution in [3.8, 4) is 5.75 Å². The number of rotatable bonds is 5. The number of benzene rings is 2. The van der Waals surface area contributed by atoms with E-state index in [4.69, 9.17) is 11.6 Å². The van der Waals surface area contributed by atoms with Crippen molar-refractivity contribution < 1.29 is 23.5 Å². The number of carbonyl (C=O) groups excluding carboxylic acids is 2. The molecule has 0 aliphatic rings. The molecule has 2 amide bonds. The molecule has 138 valence electrons. The lowest BCUT2D eigenvalue weighted by Gasteiger charge is -2.22. The molecule has 2 aromatic rings. The summed E-state index contributed by atoms with van der Waals surface area (Å²) < 4.78 is 26.2. The second kappa shape index (κ2) is 8.14. The van der Waals surface area contributed by atoms with Crippen LogP contribution >= 0.6 is 11.6 Å². The van der Waals surface area contributed by atoms with E-state index < -0.39 is 29.5 Å². The fourth-order valence-electron chi connectivity index (χ4n) is 2.24. The third-order valence-corrected chi connectivity index (χ3v) is 3.86. The first-order valence-corrected chi connectivity index (χ1v) is 8.12. The van der Waals surface area contributed by atoms with Gasteiger partial charge in [-0.3, -0.25) is 9.59 Å². The number of nitrogens with one attached hydrogen (secondary N) is 2. The SMILES string of the molecule is CC(C)[C@H](NC(=O)c1cc(Cl)ccc1O)C(=O)Nc1ccc(F)c(F)c1. The Morgan fingerprint density at radius 3 is 2.38 bits per heavy atom. The van der Waals surface area contributed by atoms with Crippen LogP contribution in [0.25, 0.3) is 0 Å². The number of hydrogen-bond acceptors (Lipinski definition) is 3. The average molecular weight is 383 g/mol. The number of carbonyl (C=O) groups is 2. The van der Waals surface area contributed by atoms with E-state index in [0.29, 0.717) is 0 Å². The van der Waals surface area contributed by atoms with Crippen LogP contribution in [-0.4, -0.2) is 23.0 Å². The van der Waals surface area contributed by atoms with Gasteiger partial charge in [-0.25, -0.2) is 8.78 Å². The van der Waals surface area contributed by atoms with E-state index in [1.54, 1.807) is 13.8 Å². The van der Waals surface area contributed by atoms with Gasteiger partial charge in [0, 0.05) is 16.8 Å².